The Morgan fingerprint density at radius 3 is 3.00 bits per heavy atom. The first kappa shape index (κ1) is 15.2. The van der Waals surface area contributed by atoms with Crippen molar-refractivity contribution in [3.05, 3.63) is 64.7 Å². The van der Waals surface area contributed by atoms with E-state index in [2.05, 4.69) is 0 Å². The van der Waals surface area contributed by atoms with Crippen LogP contribution in [0.4, 0.5) is 0 Å². The maximum Gasteiger partial charge on any atom is 0.338 e. The van der Waals surface area contributed by atoms with Crippen molar-refractivity contribution in [3.8, 4) is 11.5 Å². The molecule has 4 nitrogen and oxygen atoms in total. The summed E-state index contributed by atoms with van der Waals surface area (Å²) in [5, 5.41) is 10.1. The molecule has 2 aromatic carbocycles. The summed E-state index contributed by atoms with van der Waals surface area (Å²) in [5.41, 5.74) is 3.16. The van der Waals surface area contributed by atoms with E-state index in [0.717, 1.165) is 28.9 Å². The second kappa shape index (κ2) is 6.57. The number of allylic oxidation sites excluding steroid dienone is 1. The molecule has 1 aliphatic rings. The monoisotopic (exact) mass is 310 g/mol. The number of aromatic hydroxyl groups is 1. The first-order valence-corrected chi connectivity index (χ1v) is 7.50. The number of esters is 1. The van der Waals surface area contributed by atoms with E-state index >= 15 is 0 Å². The third kappa shape index (κ3) is 3.21. The average Bonchev–Trinajstić information content (AvgIpc) is 3.01. The van der Waals surface area contributed by atoms with Crippen LogP contribution in [-0.2, 0) is 17.6 Å². The Labute approximate surface area is 135 Å². The Bertz CT molecular complexity index is 762. The summed E-state index contributed by atoms with van der Waals surface area (Å²) in [6, 6.07) is 10.9. The molecule has 4 heteroatoms. The van der Waals surface area contributed by atoms with Crippen molar-refractivity contribution >= 4 is 12.0 Å². The molecule has 0 radical (unpaired) electrons. The number of carbonyl (C=O) groups excluding carboxylic acids is 1. The fraction of sp³-hybridized carbons (Fsp3) is 0.211. The van der Waals surface area contributed by atoms with E-state index in [1.807, 2.05) is 30.4 Å². The largest absolute Gasteiger partial charge is 0.508 e. The van der Waals surface area contributed by atoms with Gasteiger partial charge in [0.15, 0.2) is 0 Å². The molecule has 1 N–H and O–H groups in total. The number of hydrogen-bond acceptors (Lipinski definition) is 4. The van der Waals surface area contributed by atoms with Crippen molar-refractivity contribution in [3.63, 3.8) is 0 Å². The van der Waals surface area contributed by atoms with E-state index in [0.29, 0.717) is 18.6 Å². The van der Waals surface area contributed by atoms with E-state index in [-0.39, 0.29) is 11.7 Å². The molecule has 0 amide bonds. The number of benzene rings is 2. The normalized spacial score (nSPS) is 12.9. The summed E-state index contributed by atoms with van der Waals surface area (Å²) < 4.78 is 10.3. The number of rotatable bonds is 4. The van der Waals surface area contributed by atoms with Crippen LogP contribution in [0.25, 0.3) is 6.08 Å². The Balaban J connectivity index is 1.79. The molecule has 0 fully saturated rings. The Hall–Kier alpha value is -2.75. The van der Waals surface area contributed by atoms with Crippen LogP contribution in [0.5, 0.6) is 11.5 Å². The summed E-state index contributed by atoms with van der Waals surface area (Å²) in [7, 11) is 1.37. The first-order chi connectivity index (χ1) is 11.2. The van der Waals surface area contributed by atoms with Gasteiger partial charge in [0, 0.05) is 17.5 Å². The van der Waals surface area contributed by atoms with Crippen LogP contribution in [0.15, 0.2) is 42.5 Å². The van der Waals surface area contributed by atoms with E-state index < -0.39 is 0 Å². The number of phenols is 1. The third-order valence-electron chi connectivity index (χ3n) is 3.89. The lowest BCUT2D eigenvalue weighted by atomic mass is 10.0. The molecule has 0 bridgehead atoms. The Morgan fingerprint density at radius 2 is 2.17 bits per heavy atom. The first-order valence-electron chi connectivity index (χ1n) is 7.50. The fourth-order valence-corrected chi connectivity index (χ4v) is 2.67. The number of carbonyl (C=O) groups is 1. The summed E-state index contributed by atoms with van der Waals surface area (Å²) in [4.78, 5) is 11.7. The van der Waals surface area contributed by atoms with Crippen LogP contribution < -0.4 is 4.74 Å². The van der Waals surface area contributed by atoms with Gasteiger partial charge in [-0.2, -0.15) is 0 Å². The van der Waals surface area contributed by atoms with Gasteiger partial charge in [-0.15, -0.1) is 0 Å². The van der Waals surface area contributed by atoms with Gasteiger partial charge in [0.2, 0.25) is 0 Å². The molecule has 1 heterocycles. The lowest BCUT2D eigenvalue weighted by molar-refractivity contribution is 0.0600. The average molecular weight is 310 g/mol. The predicted molar refractivity (Wildman–Crippen MR) is 87.8 cm³/mol. The van der Waals surface area contributed by atoms with Crippen molar-refractivity contribution < 1.29 is 19.4 Å². The molecule has 3 rings (SSSR count). The molecule has 0 saturated heterocycles. The van der Waals surface area contributed by atoms with Crippen LogP contribution in [-0.4, -0.2) is 24.8 Å². The topological polar surface area (TPSA) is 55.8 Å². The molecule has 0 saturated carbocycles. The highest BCUT2D eigenvalue weighted by atomic mass is 16.5. The minimum Gasteiger partial charge on any atom is -0.508 e. The standard InChI is InChI=1S/C19H18O4/c1-22-19(21)16-8-3-2-5-13(16)6-4-7-14-12-18-15(9-10-23-18)11-17(14)20/h2-6,8,11-12,20H,7,9-10H2,1H3/b6-4+. The van der Waals surface area contributed by atoms with Crippen LogP contribution in [0, 0.1) is 0 Å². The van der Waals surface area contributed by atoms with Crippen molar-refractivity contribution in [2.24, 2.45) is 0 Å². The summed E-state index contributed by atoms with van der Waals surface area (Å²) in [5.74, 6) is 0.764. The zero-order chi connectivity index (χ0) is 16.2. The van der Waals surface area contributed by atoms with Gasteiger partial charge < -0.3 is 14.6 Å². The molecule has 1 aliphatic heterocycles. The van der Waals surface area contributed by atoms with Crippen LogP contribution in [0.3, 0.4) is 0 Å². The Morgan fingerprint density at radius 1 is 1.35 bits per heavy atom. The molecule has 0 atom stereocenters. The van der Waals surface area contributed by atoms with E-state index in [9.17, 15) is 9.90 Å². The van der Waals surface area contributed by atoms with Crippen molar-refractivity contribution in [2.45, 2.75) is 12.8 Å². The summed E-state index contributed by atoms with van der Waals surface area (Å²) in [6.45, 7) is 0.667. The van der Waals surface area contributed by atoms with Crippen LogP contribution >= 0.6 is 0 Å². The molecule has 0 unspecified atom stereocenters. The summed E-state index contributed by atoms with van der Waals surface area (Å²) in [6.07, 6.45) is 5.17. The molecule has 23 heavy (non-hydrogen) atoms. The quantitative estimate of drug-likeness (QED) is 0.880. The summed E-state index contributed by atoms with van der Waals surface area (Å²) >= 11 is 0. The number of methoxy groups -OCH3 is 1. The predicted octanol–water partition coefficient (Wildman–Crippen LogP) is 3.37. The SMILES string of the molecule is COC(=O)c1ccccc1/C=C/Cc1cc2c(cc1O)CCO2. The number of phenolic OH excluding ortho intramolecular Hbond substituents is 1. The van der Waals surface area contributed by atoms with Gasteiger partial charge in [-0.05, 0) is 30.2 Å². The molecule has 118 valence electrons. The van der Waals surface area contributed by atoms with E-state index in [4.69, 9.17) is 9.47 Å². The van der Waals surface area contributed by atoms with Gasteiger partial charge in [-0.3, -0.25) is 0 Å². The van der Waals surface area contributed by atoms with Gasteiger partial charge in [0.25, 0.3) is 0 Å². The minimum absolute atomic E-state index is 0.278. The van der Waals surface area contributed by atoms with Crippen molar-refractivity contribution in [1.82, 2.24) is 0 Å². The van der Waals surface area contributed by atoms with Crippen LogP contribution in [0.2, 0.25) is 0 Å². The highest BCUT2D eigenvalue weighted by Gasteiger charge is 2.15. The second-order valence-electron chi connectivity index (χ2n) is 5.37. The molecule has 2 aromatic rings. The van der Waals surface area contributed by atoms with Gasteiger partial charge in [-0.25, -0.2) is 4.79 Å². The molecule has 0 spiro atoms. The number of fused-ring (bicyclic) bond motifs is 1. The van der Waals surface area contributed by atoms with Gasteiger partial charge >= 0.3 is 5.97 Å². The minimum atomic E-state index is -0.362. The van der Waals surface area contributed by atoms with Crippen molar-refractivity contribution in [2.75, 3.05) is 13.7 Å². The molecule has 0 aromatic heterocycles. The van der Waals surface area contributed by atoms with E-state index in [1.165, 1.54) is 7.11 Å². The smallest absolute Gasteiger partial charge is 0.338 e. The maximum atomic E-state index is 11.7. The van der Waals surface area contributed by atoms with E-state index in [1.54, 1.807) is 18.2 Å². The van der Waals surface area contributed by atoms with Gasteiger partial charge in [0.05, 0.1) is 19.3 Å². The highest BCUT2D eigenvalue weighted by molar-refractivity contribution is 5.93. The maximum absolute atomic E-state index is 11.7. The second-order valence-corrected chi connectivity index (χ2v) is 5.37. The van der Waals surface area contributed by atoms with Gasteiger partial charge in [0.1, 0.15) is 11.5 Å². The lowest BCUT2D eigenvalue weighted by Gasteiger charge is -2.06. The van der Waals surface area contributed by atoms with Gasteiger partial charge in [-0.1, -0.05) is 30.4 Å². The zero-order valence-electron chi connectivity index (χ0n) is 12.9. The Kier molecular flexibility index (Phi) is 4.33. The number of ether oxygens (including phenoxy) is 2. The van der Waals surface area contributed by atoms with Crippen LogP contribution in [0.1, 0.15) is 27.0 Å². The number of hydrogen-bond donors (Lipinski definition) is 1. The molecule has 0 aliphatic carbocycles. The highest BCUT2D eigenvalue weighted by Crippen LogP contribution is 2.32. The molecular weight excluding hydrogens is 292 g/mol. The fourth-order valence-electron chi connectivity index (χ4n) is 2.67. The van der Waals surface area contributed by atoms with Crippen molar-refractivity contribution in [1.29, 1.82) is 0 Å². The lowest BCUT2D eigenvalue weighted by Crippen LogP contribution is -2.03. The zero-order valence-corrected chi connectivity index (χ0v) is 12.9. The third-order valence-corrected chi connectivity index (χ3v) is 3.89. The molecular formula is C19H18O4.